The Bertz CT molecular complexity index is 20.0. The molecular formula is C5H14LiN. The standard InChI is InChI=1S/C5H13N.Li.H/c1-3-4-5-6-2;;/h6H,3-5H2,1-2H3;;. The Morgan fingerprint density at radius 3 is 2.14 bits per heavy atom. The molecule has 0 aliphatic rings. The van der Waals surface area contributed by atoms with Crippen molar-refractivity contribution in [2.75, 3.05) is 13.6 Å². The molecule has 0 aromatic rings. The van der Waals surface area contributed by atoms with E-state index in [1.165, 1.54) is 12.8 Å². The van der Waals surface area contributed by atoms with Crippen LogP contribution in [0.3, 0.4) is 0 Å². The molecule has 0 saturated heterocycles. The zero-order valence-electron chi connectivity index (χ0n) is 4.62. The van der Waals surface area contributed by atoms with E-state index in [1.807, 2.05) is 7.05 Å². The van der Waals surface area contributed by atoms with Crippen LogP contribution < -0.4 is 5.32 Å². The molecule has 0 spiro atoms. The molecule has 0 rings (SSSR count). The summed E-state index contributed by atoms with van der Waals surface area (Å²) in [5, 5.41) is 3.07. The van der Waals surface area contributed by atoms with Crippen LogP contribution in [0.15, 0.2) is 0 Å². The summed E-state index contributed by atoms with van der Waals surface area (Å²) >= 11 is 0. The molecule has 0 fully saturated rings. The third kappa shape index (κ3) is 10.8. The van der Waals surface area contributed by atoms with Crippen LogP contribution in [0.25, 0.3) is 0 Å². The van der Waals surface area contributed by atoms with Crippen molar-refractivity contribution in [3.63, 3.8) is 0 Å². The van der Waals surface area contributed by atoms with Crippen LogP contribution in [-0.4, -0.2) is 32.5 Å². The molecule has 0 bridgehead atoms. The van der Waals surface area contributed by atoms with Crippen LogP contribution in [0, 0.1) is 0 Å². The average molecular weight is 95.1 g/mol. The van der Waals surface area contributed by atoms with E-state index in [0.29, 0.717) is 0 Å². The van der Waals surface area contributed by atoms with Crippen molar-refractivity contribution in [3.05, 3.63) is 0 Å². The second-order valence-electron chi connectivity index (χ2n) is 1.46. The van der Waals surface area contributed by atoms with Gasteiger partial charge in [0.1, 0.15) is 0 Å². The maximum absolute atomic E-state index is 3.07. The van der Waals surface area contributed by atoms with Gasteiger partial charge in [0.15, 0.2) is 0 Å². The van der Waals surface area contributed by atoms with Crippen molar-refractivity contribution in [1.82, 2.24) is 5.32 Å². The summed E-state index contributed by atoms with van der Waals surface area (Å²) < 4.78 is 0. The van der Waals surface area contributed by atoms with Gasteiger partial charge >= 0.3 is 18.9 Å². The van der Waals surface area contributed by atoms with E-state index < -0.39 is 0 Å². The van der Waals surface area contributed by atoms with Crippen LogP contribution >= 0.6 is 0 Å². The van der Waals surface area contributed by atoms with Gasteiger partial charge in [0, 0.05) is 0 Å². The summed E-state index contributed by atoms with van der Waals surface area (Å²) in [4.78, 5) is 0. The Labute approximate surface area is 58.0 Å². The van der Waals surface area contributed by atoms with E-state index in [2.05, 4.69) is 12.2 Å². The van der Waals surface area contributed by atoms with Crippen LogP contribution in [0.4, 0.5) is 0 Å². The summed E-state index contributed by atoms with van der Waals surface area (Å²) in [5.41, 5.74) is 0. The first-order valence-electron chi connectivity index (χ1n) is 2.56. The third-order valence-electron chi connectivity index (χ3n) is 0.780. The van der Waals surface area contributed by atoms with Gasteiger partial charge in [-0.1, -0.05) is 13.3 Å². The van der Waals surface area contributed by atoms with Gasteiger partial charge in [-0.25, -0.2) is 0 Å². The first-order chi connectivity index (χ1) is 2.91. The van der Waals surface area contributed by atoms with Gasteiger partial charge in [-0.05, 0) is 20.0 Å². The van der Waals surface area contributed by atoms with Crippen LogP contribution in [0.2, 0.25) is 0 Å². The number of hydrogen-bond donors (Lipinski definition) is 1. The molecule has 0 aliphatic carbocycles. The molecule has 1 N–H and O–H groups in total. The SMILES string of the molecule is CCCCNC.[LiH]. The van der Waals surface area contributed by atoms with Crippen LogP contribution in [0.1, 0.15) is 19.8 Å². The molecule has 0 heterocycles. The van der Waals surface area contributed by atoms with Gasteiger partial charge in [-0.3, -0.25) is 0 Å². The Morgan fingerprint density at radius 1 is 1.43 bits per heavy atom. The first-order valence-corrected chi connectivity index (χ1v) is 2.56. The molecule has 0 atom stereocenters. The van der Waals surface area contributed by atoms with Crippen molar-refractivity contribution >= 4 is 18.9 Å². The number of nitrogens with one attached hydrogen (secondary N) is 1. The van der Waals surface area contributed by atoms with Crippen molar-refractivity contribution in [1.29, 1.82) is 0 Å². The number of rotatable bonds is 3. The predicted molar refractivity (Wildman–Crippen MR) is 36.0 cm³/mol. The van der Waals surface area contributed by atoms with Gasteiger partial charge in [-0.2, -0.15) is 0 Å². The topological polar surface area (TPSA) is 12.0 Å². The second-order valence-corrected chi connectivity index (χ2v) is 1.46. The van der Waals surface area contributed by atoms with Crippen molar-refractivity contribution < 1.29 is 0 Å². The molecule has 0 aromatic carbocycles. The van der Waals surface area contributed by atoms with Gasteiger partial charge in [0.25, 0.3) is 0 Å². The maximum atomic E-state index is 3.07. The van der Waals surface area contributed by atoms with Crippen molar-refractivity contribution in [2.24, 2.45) is 0 Å². The molecule has 2 heteroatoms. The molecule has 7 heavy (non-hydrogen) atoms. The van der Waals surface area contributed by atoms with Gasteiger partial charge < -0.3 is 5.32 Å². The normalized spacial score (nSPS) is 7.71. The fourth-order valence-electron chi connectivity index (χ4n) is 0.354. The van der Waals surface area contributed by atoms with Gasteiger partial charge in [-0.15, -0.1) is 0 Å². The quantitative estimate of drug-likeness (QED) is 0.394. The van der Waals surface area contributed by atoms with Gasteiger partial charge in [0.2, 0.25) is 0 Å². The van der Waals surface area contributed by atoms with E-state index in [0.717, 1.165) is 6.54 Å². The van der Waals surface area contributed by atoms with E-state index in [1.54, 1.807) is 0 Å². The molecule has 1 nitrogen and oxygen atoms in total. The summed E-state index contributed by atoms with van der Waals surface area (Å²) in [6.07, 6.45) is 2.59. The monoisotopic (exact) mass is 95.1 g/mol. The molecule has 0 unspecified atom stereocenters. The minimum atomic E-state index is 0. The summed E-state index contributed by atoms with van der Waals surface area (Å²) in [6.45, 7) is 3.36. The van der Waals surface area contributed by atoms with E-state index in [-0.39, 0.29) is 18.9 Å². The molecule has 0 radical (unpaired) electrons. The number of unbranched alkanes of at least 4 members (excludes halogenated alkanes) is 1. The predicted octanol–water partition coefficient (Wildman–Crippen LogP) is 0.357. The Hall–Kier alpha value is 0.557. The summed E-state index contributed by atoms with van der Waals surface area (Å²) in [7, 11) is 1.98. The van der Waals surface area contributed by atoms with Crippen molar-refractivity contribution in [2.45, 2.75) is 19.8 Å². The molecule has 40 valence electrons. The minimum absolute atomic E-state index is 0. The number of hydrogen-bond acceptors (Lipinski definition) is 1. The first kappa shape index (κ1) is 10.5. The molecule has 0 aliphatic heterocycles. The fourth-order valence-corrected chi connectivity index (χ4v) is 0.354. The summed E-state index contributed by atoms with van der Waals surface area (Å²) in [6, 6.07) is 0. The summed E-state index contributed by atoms with van der Waals surface area (Å²) in [5.74, 6) is 0. The Balaban J connectivity index is 0. The fraction of sp³-hybridized carbons (Fsp3) is 1.00. The van der Waals surface area contributed by atoms with E-state index >= 15 is 0 Å². The zero-order valence-corrected chi connectivity index (χ0v) is 4.62. The van der Waals surface area contributed by atoms with E-state index in [4.69, 9.17) is 0 Å². The molecular weight excluding hydrogens is 81.0 g/mol. The van der Waals surface area contributed by atoms with Gasteiger partial charge in [0.05, 0.1) is 0 Å². The Morgan fingerprint density at radius 2 is 2.00 bits per heavy atom. The molecule has 0 amide bonds. The molecule has 0 aromatic heterocycles. The molecule has 0 saturated carbocycles. The van der Waals surface area contributed by atoms with Crippen LogP contribution in [0.5, 0.6) is 0 Å². The third-order valence-corrected chi connectivity index (χ3v) is 0.780. The second kappa shape index (κ2) is 9.75. The van der Waals surface area contributed by atoms with Crippen molar-refractivity contribution in [3.8, 4) is 0 Å². The average Bonchev–Trinajstić information content (AvgIpc) is 1.61. The zero-order chi connectivity index (χ0) is 4.83. The Kier molecular flexibility index (Phi) is 14.7. The van der Waals surface area contributed by atoms with E-state index in [9.17, 15) is 0 Å². The van der Waals surface area contributed by atoms with Crippen LogP contribution in [-0.2, 0) is 0 Å².